The third-order valence-electron chi connectivity index (χ3n) is 1.52. The van der Waals surface area contributed by atoms with Crippen LogP contribution in [0.15, 0.2) is 0 Å². The summed E-state index contributed by atoms with van der Waals surface area (Å²) in [5.41, 5.74) is 5.37. The molecule has 0 saturated heterocycles. The topological polar surface area (TPSA) is 73.6 Å². The lowest BCUT2D eigenvalue weighted by Gasteiger charge is -2.16. The summed E-state index contributed by atoms with van der Waals surface area (Å²) in [5, 5.41) is 2.75. The summed E-state index contributed by atoms with van der Waals surface area (Å²) < 4.78 is 9.60. The van der Waals surface area contributed by atoms with E-state index in [1.165, 1.54) is 7.11 Å². The molecule has 5 nitrogen and oxygen atoms in total. The molecule has 0 aromatic carbocycles. The summed E-state index contributed by atoms with van der Waals surface area (Å²) in [6.07, 6.45) is 0.712. The fourth-order valence-electron chi connectivity index (χ4n) is 1.000. The van der Waals surface area contributed by atoms with Crippen LogP contribution in [0.25, 0.3) is 0 Å². The van der Waals surface area contributed by atoms with E-state index in [4.69, 9.17) is 10.5 Å². The average molecular weight is 190 g/mol. The van der Waals surface area contributed by atoms with Gasteiger partial charge in [0.15, 0.2) is 0 Å². The zero-order chi connectivity index (χ0) is 10.1. The van der Waals surface area contributed by atoms with Gasteiger partial charge in [-0.05, 0) is 13.0 Å². The zero-order valence-electron chi connectivity index (χ0n) is 8.21. The molecule has 0 fully saturated rings. The molecule has 0 rings (SSSR count). The van der Waals surface area contributed by atoms with Crippen LogP contribution < -0.4 is 11.1 Å². The number of rotatable bonds is 7. The van der Waals surface area contributed by atoms with Crippen molar-refractivity contribution in [3.05, 3.63) is 0 Å². The number of amides is 1. The molecule has 13 heavy (non-hydrogen) atoms. The molecule has 5 heteroatoms. The summed E-state index contributed by atoms with van der Waals surface area (Å²) in [7, 11) is 3.07. The summed E-state index contributed by atoms with van der Waals surface area (Å²) in [6, 6.07) is -0.0161. The number of hydrogen-bond acceptors (Lipinski definition) is 4. The molecule has 0 aromatic rings. The average Bonchev–Trinajstić information content (AvgIpc) is 2.05. The van der Waals surface area contributed by atoms with Crippen LogP contribution in [0, 0.1) is 0 Å². The summed E-state index contributed by atoms with van der Waals surface area (Å²) in [5.74, 6) is -0.141. The summed E-state index contributed by atoms with van der Waals surface area (Å²) in [4.78, 5) is 11.1. The standard InChI is InChI=1S/C8H18N2O3/c1-12-5-7(3-4-9)10-8(11)6-13-2/h7H,3-6,9H2,1-2H3,(H,10,11). The highest BCUT2D eigenvalue weighted by molar-refractivity contribution is 5.77. The molecular weight excluding hydrogens is 172 g/mol. The number of carbonyl (C=O) groups excluding carboxylic acids is 1. The molecule has 0 bridgehead atoms. The molecule has 0 spiro atoms. The predicted molar refractivity (Wildman–Crippen MR) is 49.4 cm³/mol. The lowest BCUT2D eigenvalue weighted by Crippen LogP contribution is -2.41. The van der Waals surface area contributed by atoms with Crippen LogP contribution >= 0.6 is 0 Å². The molecular formula is C8H18N2O3. The minimum atomic E-state index is -0.141. The molecule has 0 saturated carbocycles. The molecule has 1 unspecified atom stereocenters. The van der Waals surface area contributed by atoms with Crippen LogP contribution in [-0.4, -0.2) is 45.9 Å². The molecule has 0 radical (unpaired) electrons. The van der Waals surface area contributed by atoms with Crippen molar-refractivity contribution >= 4 is 5.91 Å². The van der Waals surface area contributed by atoms with E-state index in [0.29, 0.717) is 19.6 Å². The van der Waals surface area contributed by atoms with Crippen molar-refractivity contribution in [1.82, 2.24) is 5.32 Å². The molecule has 3 N–H and O–H groups in total. The Morgan fingerprint density at radius 3 is 2.62 bits per heavy atom. The van der Waals surface area contributed by atoms with Crippen LogP contribution in [0.5, 0.6) is 0 Å². The van der Waals surface area contributed by atoms with E-state index in [1.54, 1.807) is 7.11 Å². The quantitative estimate of drug-likeness (QED) is 0.546. The van der Waals surface area contributed by atoms with E-state index >= 15 is 0 Å². The third kappa shape index (κ3) is 6.51. The van der Waals surface area contributed by atoms with Gasteiger partial charge < -0.3 is 20.5 Å². The Labute approximate surface area is 78.6 Å². The van der Waals surface area contributed by atoms with Crippen molar-refractivity contribution in [2.24, 2.45) is 5.73 Å². The van der Waals surface area contributed by atoms with Gasteiger partial charge in [0.2, 0.25) is 5.91 Å². The molecule has 1 atom stereocenters. The Balaban J connectivity index is 3.71. The van der Waals surface area contributed by atoms with Gasteiger partial charge in [0, 0.05) is 14.2 Å². The molecule has 0 aliphatic heterocycles. The first-order chi connectivity index (χ1) is 6.24. The zero-order valence-corrected chi connectivity index (χ0v) is 8.21. The number of carbonyl (C=O) groups is 1. The minimum absolute atomic E-state index is 0.0161. The minimum Gasteiger partial charge on any atom is -0.383 e. The van der Waals surface area contributed by atoms with Crippen molar-refractivity contribution in [1.29, 1.82) is 0 Å². The van der Waals surface area contributed by atoms with Gasteiger partial charge in [0.05, 0.1) is 12.6 Å². The molecule has 0 aliphatic carbocycles. The van der Waals surface area contributed by atoms with E-state index in [1.807, 2.05) is 0 Å². The first-order valence-corrected chi connectivity index (χ1v) is 4.21. The number of methoxy groups -OCH3 is 2. The fraction of sp³-hybridized carbons (Fsp3) is 0.875. The van der Waals surface area contributed by atoms with Gasteiger partial charge in [-0.15, -0.1) is 0 Å². The first kappa shape index (κ1) is 12.3. The maximum Gasteiger partial charge on any atom is 0.246 e. The Bertz CT molecular complexity index is 135. The Morgan fingerprint density at radius 2 is 2.15 bits per heavy atom. The van der Waals surface area contributed by atoms with Crippen LogP contribution in [-0.2, 0) is 14.3 Å². The van der Waals surface area contributed by atoms with Crippen molar-refractivity contribution in [3.63, 3.8) is 0 Å². The normalized spacial score (nSPS) is 12.5. The van der Waals surface area contributed by atoms with Gasteiger partial charge in [0.25, 0.3) is 0 Å². The molecule has 78 valence electrons. The second-order valence-corrected chi connectivity index (χ2v) is 2.73. The van der Waals surface area contributed by atoms with E-state index < -0.39 is 0 Å². The van der Waals surface area contributed by atoms with E-state index in [0.717, 1.165) is 0 Å². The number of ether oxygens (including phenoxy) is 2. The molecule has 0 heterocycles. The lowest BCUT2D eigenvalue weighted by atomic mass is 10.2. The van der Waals surface area contributed by atoms with Gasteiger partial charge in [-0.25, -0.2) is 0 Å². The number of nitrogens with one attached hydrogen (secondary N) is 1. The van der Waals surface area contributed by atoms with Crippen LogP contribution in [0.4, 0.5) is 0 Å². The van der Waals surface area contributed by atoms with Crippen molar-refractivity contribution < 1.29 is 14.3 Å². The maximum atomic E-state index is 11.1. The predicted octanol–water partition coefficient (Wildman–Crippen LogP) is -0.887. The van der Waals surface area contributed by atoms with E-state index in [9.17, 15) is 4.79 Å². The fourth-order valence-corrected chi connectivity index (χ4v) is 1.000. The molecule has 0 aliphatic rings. The monoisotopic (exact) mass is 190 g/mol. The van der Waals surface area contributed by atoms with Gasteiger partial charge in [-0.3, -0.25) is 4.79 Å². The maximum absolute atomic E-state index is 11.1. The van der Waals surface area contributed by atoms with Crippen molar-refractivity contribution in [3.8, 4) is 0 Å². The van der Waals surface area contributed by atoms with Gasteiger partial charge in [-0.1, -0.05) is 0 Å². The highest BCUT2D eigenvalue weighted by atomic mass is 16.5. The molecule has 1 amide bonds. The van der Waals surface area contributed by atoms with Gasteiger partial charge >= 0.3 is 0 Å². The second-order valence-electron chi connectivity index (χ2n) is 2.73. The third-order valence-corrected chi connectivity index (χ3v) is 1.52. The number of hydrogen-bond donors (Lipinski definition) is 2. The largest absolute Gasteiger partial charge is 0.383 e. The SMILES string of the molecule is COCC(=O)NC(CCN)COC. The number of nitrogens with two attached hydrogens (primary N) is 1. The van der Waals surface area contributed by atoms with Crippen molar-refractivity contribution in [2.75, 3.05) is 34.0 Å². The molecule has 0 aromatic heterocycles. The Kier molecular flexibility index (Phi) is 7.57. The van der Waals surface area contributed by atoms with Crippen LogP contribution in [0.2, 0.25) is 0 Å². The van der Waals surface area contributed by atoms with Gasteiger partial charge in [-0.2, -0.15) is 0 Å². The second kappa shape index (κ2) is 7.97. The van der Waals surface area contributed by atoms with E-state index in [2.05, 4.69) is 10.1 Å². The smallest absolute Gasteiger partial charge is 0.246 e. The van der Waals surface area contributed by atoms with Gasteiger partial charge in [0.1, 0.15) is 6.61 Å². The highest BCUT2D eigenvalue weighted by Gasteiger charge is 2.10. The van der Waals surface area contributed by atoms with E-state index in [-0.39, 0.29) is 18.6 Å². The Morgan fingerprint density at radius 1 is 1.46 bits per heavy atom. The summed E-state index contributed by atoms with van der Waals surface area (Å²) in [6.45, 7) is 1.08. The Hall–Kier alpha value is -0.650. The van der Waals surface area contributed by atoms with Crippen LogP contribution in [0.3, 0.4) is 0 Å². The first-order valence-electron chi connectivity index (χ1n) is 4.21. The van der Waals surface area contributed by atoms with Crippen LogP contribution in [0.1, 0.15) is 6.42 Å². The van der Waals surface area contributed by atoms with Crippen molar-refractivity contribution in [2.45, 2.75) is 12.5 Å². The lowest BCUT2D eigenvalue weighted by molar-refractivity contribution is -0.125. The summed E-state index contributed by atoms with van der Waals surface area (Å²) >= 11 is 0. The highest BCUT2D eigenvalue weighted by Crippen LogP contribution is 1.90.